The van der Waals surface area contributed by atoms with E-state index < -0.39 is 11.6 Å². The van der Waals surface area contributed by atoms with E-state index in [0.717, 1.165) is 63.4 Å². The second kappa shape index (κ2) is 9.36. The van der Waals surface area contributed by atoms with Gasteiger partial charge in [-0.15, -0.1) is 0 Å². The van der Waals surface area contributed by atoms with Crippen LogP contribution in [-0.4, -0.2) is 53.7 Å². The number of carbonyl (C=O) groups excluding carboxylic acids is 1. The molecule has 0 atom stereocenters. The lowest BCUT2D eigenvalue weighted by atomic mass is 9.97. The van der Waals surface area contributed by atoms with Gasteiger partial charge in [0.1, 0.15) is 11.6 Å². The van der Waals surface area contributed by atoms with Gasteiger partial charge in [-0.25, -0.2) is 8.78 Å². The number of nitrogens with one attached hydrogen (secondary N) is 1. The number of nitrogens with two attached hydrogens (primary N) is 1. The molecule has 31 heavy (non-hydrogen) atoms. The molecule has 0 spiro atoms. The topological polar surface area (TPSA) is 84.2 Å². The van der Waals surface area contributed by atoms with Gasteiger partial charge in [-0.2, -0.15) is 5.10 Å². The standard InChI is InChI=1S/C23H24F2N4O2/c24-17-6-7-18(19(25)14-17)21-20(23(26)28-27-21)22(30)16-5-1-3-15(13-16)4-2-8-29-9-11-31-12-10-29/h1,3,5-7,13-14H,2,4,8-12H2,(H3,26,27,28). The number of ketones is 1. The molecule has 8 heteroatoms. The number of aryl methyl sites for hydroxylation is 1. The molecule has 1 aromatic heterocycles. The Bertz CT molecular complexity index is 1080. The molecule has 0 radical (unpaired) electrons. The number of anilines is 1. The second-order valence-corrected chi connectivity index (χ2v) is 7.57. The number of nitrogens with zero attached hydrogens (tertiary/aromatic N) is 2. The Morgan fingerprint density at radius 3 is 2.74 bits per heavy atom. The van der Waals surface area contributed by atoms with E-state index in [1.165, 1.54) is 6.07 Å². The summed E-state index contributed by atoms with van der Waals surface area (Å²) >= 11 is 0. The van der Waals surface area contributed by atoms with Crippen molar-refractivity contribution < 1.29 is 18.3 Å². The summed E-state index contributed by atoms with van der Waals surface area (Å²) in [5.41, 5.74) is 7.66. The first-order valence-corrected chi connectivity index (χ1v) is 10.3. The highest BCUT2D eigenvalue weighted by molar-refractivity contribution is 6.15. The van der Waals surface area contributed by atoms with Crippen LogP contribution in [0.4, 0.5) is 14.6 Å². The zero-order valence-corrected chi connectivity index (χ0v) is 17.0. The van der Waals surface area contributed by atoms with Crippen molar-refractivity contribution in [2.45, 2.75) is 12.8 Å². The first-order chi connectivity index (χ1) is 15.0. The number of aromatic amines is 1. The molecule has 1 saturated heterocycles. The number of hydrogen-bond acceptors (Lipinski definition) is 5. The van der Waals surface area contributed by atoms with Crippen LogP contribution in [-0.2, 0) is 11.2 Å². The first-order valence-electron chi connectivity index (χ1n) is 10.3. The normalized spacial score (nSPS) is 14.6. The fourth-order valence-electron chi connectivity index (χ4n) is 3.82. The third kappa shape index (κ3) is 4.81. The average Bonchev–Trinajstić information content (AvgIpc) is 3.15. The maximum atomic E-state index is 14.3. The molecule has 2 heterocycles. The summed E-state index contributed by atoms with van der Waals surface area (Å²) in [6, 6.07) is 10.5. The Kier molecular flexibility index (Phi) is 6.39. The second-order valence-electron chi connectivity index (χ2n) is 7.57. The van der Waals surface area contributed by atoms with Crippen molar-refractivity contribution in [3.05, 3.63) is 70.8 Å². The van der Waals surface area contributed by atoms with Gasteiger partial charge in [0.15, 0.2) is 11.6 Å². The summed E-state index contributed by atoms with van der Waals surface area (Å²) < 4.78 is 33.0. The number of rotatable bonds is 7. The lowest BCUT2D eigenvalue weighted by Gasteiger charge is -2.26. The molecule has 1 fully saturated rings. The monoisotopic (exact) mass is 426 g/mol. The Labute approximate surface area is 179 Å². The zero-order chi connectivity index (χ0) is 21.8. The molecule has 3 aromatic rings. The van der Waals surface area contributed by atoms with Gasteiger partial charge in [-0.1, -0.05) is 18.2 Å². The number of hydrogen-bond donors (Lipinski definition) is 2. The van der Waals surface area contributed by atoms with Crippen molar-refractivity contribution >= 4 is 11.6 Å². The molecule has 162 valence electrons. The lowest BCUT2D eigenvalue weighted by molar-refractivity contribution is 0.0374. The van der Waals surface area contributed by atoms with Crippen LogP contribution in [0.25, 0.3) is 11.3 Å². The molecule has 0 unspecified atom stereocenters. The Balaban J connectivity index is 1.52. The van der Waals surface area contributed by atoms with E-state index in [4.69, 9.17) is 10.5 Å². The van der Waals surface area contributed by atoms with Crippen LogP contribution in [0.5, 0.6) is 0 Å². The van der Waals surface area contributed by atoms with E-state index in [1.807, 2.05) is 18.2 Å². The van der Waals surface area contributed by atoms with Gasteiger partial charge in [-0.3, -0.25) is 14.8 Å². The molecule has 0 saturated carbocycles. The van der Waals surface area contributed by atoms with Crippen molar-refractivity contribution in [3.8, 4) is 11.3 Å². The molecule has 0 amide bonds. The number of nitrogen functional groups attached to an aromatic ring is 1. The number of H-pyrrole nitrogens is 1. The fraction of sp³-hybridized carbons (Fsp3) is 0.304. The summed E-state index contributed by atoms with van der Waals surface area (Å²) in [5.74, 6) is -1.89. The SMILES string of the molecule is Nc1n[nH]c(-c2ccc(F)cc2F)c1C(=O)c1cccc(CCCN2CCOCC2)c1. The smallest absolute Gasteiger partial charge is 0.198 e. The van der Waals surface area contributed by atoms with Crippen molar-refractivity contribution in [3.63, 3.8) is 0 Å². The summed E-state index contributed by atoms with van der Waals surface area (Å²) in [6.45, 7) is 4.41. The number of benzene rings is 2. The minimum Gasteiger partial charge on any atom is -0.382 e. The number of ether oxygens (including phenoxy) is 1. The van der Waals surface area contributed by atoms with Crippen molar-refractivity contribution in [2.75, 3.05) is 38.6 Å². The van der Waals surface area contributed by atoms with E-state index in [-0.39, 0.29) is 28.4 Å². The summed E-state index contributed by atoms with van der Waals surface area (Å²) in [6.07, 6.45) is 1.80. The molecule has 6 nitrogen and oxygen atoms in total. The van der Waals surface area contributed by atoms with E-state index in [9.17, 15) is 13.6 Å². The zero-order valence-electron chi connectivity index (χ0n) is 17.0. The van der Waals surface area contributed by atoms with Crippen molar-refractivity contribution in [1.29, 1.82) is 0 Å². The first kappa shape index (κ1) is 21.1. The number of morpholine rings is 1. The highest BCUT2D eigenvalue weighted by atomic mass is 19.1. The Morgan fingerprint density at radius 2 is 1.97 bits per heavy atom. The van der Waals surface area contributed by atoms with Crippen LogP contribution in [0.15, 0.2) is 42.5 Å². The molecule has 0 aliphatic carbocycles. The minimum atomic E-state index is -0.797. The highest BCUT2D eigenvalue weighted by Crippen LogP contribution is 2.30. The van der Waals surface area contributed by atoms with E-state index in [0.29, 0.717) is 5.56 Å². The van der Waals surface area contributed by atoms with Gasteiger partial charge in [0.05, 0.1) is 24.5 Å². The van der Waals surface area contributed by atoms with Gasteiger partial charge in [-0.05, 0) is 43.1 Å². The average molecular weight is 426 g/mol. The number of carbonyl (C=O) groups is 1. The van der Waals surface area contributed by atoms with Crippen LogP contribution < -0.4 is 5.73 Å². The van der Waals surface area contributed by atoms with Gasteiger partial charge in [0.2, 0.25) is 0 Å². The third-order valence-electron chi connectivity index (χ3n) is 5.45. The van der Waals surface area contributed by atoms with Crippen LogP contribution in [0.3, 0.4) is 0 Å². The number of halogens is 2. The quantitative estimate of drug-likeness (QED) is 0.566. The largest absolute Gasteiger partial charge is 0.382 e. The van der Waals surface area contributed by atoms with Crippen LogP contribution in [0.2, 0.25) is 0 Å². The van der Waals surface area contributed by atoms with Crippen LogP contribution in [0.1, 0.15) is 27.9 Å². The Morgan fingerprint density at radius 1 is 1.16 bits per heavy atom. The fourth-order valence-corrected chi connectivity index (χ4v) is 3.82. The lowest BCUT2D eigenvalue weighted by Crippen LogP contribution is -2.36. The molecule has 0 bridgehead atoms. The molecule has 4 rings (SSSR count). The molecule has 1 aliphatic rings. The predicted octanol–water partition coefficient (Wildman–Crippen LogP) is 3.43. The highest BCUT2D eigenvalue weighted by Gasteiger charge is 2.23. The molecule has 1 aliphatic heterocycles. The van der Waals surface area contributed by atoms with Crippen LogP contribution in [0, 0.1) is 11.6 Å². The summed E-state index contributed by atoms with van der Waals surface area (Å²) in [5, 5.41) is 6.50. The van der Waals surface area contributed by atoms with E-state index >= 15 is 0 Å². The summed E-state index contributed by atoms with van der Waals surface area (Å²) in [4.78, 5) is 15.6. The van der Waals surface area contributed by atoms with Crippen molar-refractivity contribution in [1.82, 2.24) is 15.1 Å². The van der Waals surface area contributed by atoms with Crippen molar-refractivity contribution in [2.24, 2.45) is 0 Å². The molecular weight excluding hydrogens is 402 g/mol. The predicted molar refractivity (Wildman–Crippen MR) is 114 cm³/mol. The van der Waals surface area contributed by atoms with Gasteiger partial charge < -0.3 is 10.5 Å². The maximum Gasteiger partial charge on any atom is 0.198 e. The summed E-state index contributed by atoms with van der Waals surface area (Å²) in [7, 11) is 0. The maximum absolute atomic E-state index is 14.3. The van der Waals surface area contributed by atoms with E-state index in [2.05, 4.69) is 15.1 Å². The molecule has 3 N–H and O–H groups in total. The third-order valence-corrected chi connectivity index (χ3v) is 5.45. The van der Waals surface area contributed by atoms with E-state index in [1.54, 1.807) is 6.07 Å². The van der Waals surface area contributed by atoms with Crippen LogP contribution >= 0.6 is 0 Å². The minimum absolute atomic E-state index is 0.0264. The van der Waals surface area contributed by atoms with Gasteiger partial charge in [0.25, 0.3) is 0 Å². The van der Waals surface area contributed by atoms with Gasteiger partial charge in [0, 0.05) is 30.3 Å². The Hall–Kier alpha value is -3.10. The molecular formula is C23H24F2N4O2. The molecule has 2 aromatic carbocycles. The van der Waals surface area contributed by atoms with Gasteiger partial charge >= 0.3 is 0 Å². The number of aromatic nitrogens is 2.